The Labute approximate surface area is 108 Å². The molecule has 0 amide bonds. The third-order valence-electron chi connectivity index (χ3n) is 3.06. The average Bonchev–Trinajstić information content (AvgIpc) is 2.30. The molecule has 2 heteroatoms. The highest BCUT2D eigenvalue weighted by atomic mass is 16.5. The van der Waals surface area contributed by atoms with Gasteiger partial charge in [0, 0.05) is 0 Å². The van der Waals surface area contributed by atoms with Crippen LogP contribution in [0.1, 0.15) is 22.3 Å². The van der Waals surface area contributed by atoms with Crippen LogP contribution in [0.2, 0.25) is 0 Å². The number of phenolic OH excluding ortho intramolecular Hbond substituents is 1. The molecule has 0 spiro atoms. The van der Waals surface area contributed by atoms with Crippen LogP contribution in [0.3, 0.4) is 0 Å². The lowest BCUT2D eigenvalue weighted by Gasteiger charge is -2.13. The maximum atomic E-state index is 9.63. The van der Waals surface area contributed by atoms with Crippen molar-refractivity contribution in [1.82, 2.24) is 0 Å². The van der Waals surface area contributed by atoms with Crippen molar-refractivity contribution in [3.05, 3.63) is 52.6 Å². The molecule has 0 aliphatic heterocycles. The van der Waals surface area contributed by atoms with Crippen LogP contribution in [0.15, 0.2) is 30.3 Å². The summed E-state index contributed by atoms with van der Waals surface area (Å²) in [6, 6.07) is 9.74. The van der Waals surface area contributed by atoms with Gasteiger partial charge in [0.2, 0.25) is 0 Å². The summed E-state index contributed by atoms with van der Waals surface area (Å²) in [5.41, 5.74) is 4.02. The maximum absolute atomic E-state index is 9.63. The first kappa shape index (κ1) is 12.5. The monoisotopic (exact) mass is 242 g/mol. The van der Waals surface area contributed by atoms with E-state index in [0.29, 0.717) is 5.75 Å². The summed E-state index contributed by atoms with van der Waals surface area (Å²) in [6.07, 6.45) is 0. The third-order valence-corrected chi connectivity index (χ3v) is 3.06. The molecule has 0 fully saturated rings. The van der Waals surface area contributed by atoms with Crippen molar-refractivity contribution in [2.45, 2.75) is 27.7 Å². The van der Waals surface area contributed by atoms with Gasteiger partial charge in [-0.3, -0.25) is 0 Å². The molecule has 0 unspecified atom stereocenters. The molecule has 0 atom stereocenters. The van der Waals surface area contributed by atoms with Gasteiger partial charge in [-0.05, 0) is 68.1 Å². The van der Waals surface area contributed by atoms with Gasteiger partial charge in [0.25, 0.3) is 0 Å². The van der Waals surface area contributed by atoms with Crippen LogP contribution < -0.4 is 4.74 Å². The zero-order valence-corrected chi connectivity index (χ0v) is 11.2. The first-order chi connectivity index (χ1) is 8.47. The number of ether oxygens (including phenoxy) is 1. The Morgan fingerprint density at radius 1 is 0.778 bits per heavy atom. The molecule has 0 aliphatic rings. The van der Waals surface area contributed by atoms with Crippen LogP contribution >= 0.6 is 0 Å². The van der Waals surface area contributed by atoms with Gasteiger partial charge in [-0.2, -0.15) is 0 Å². The van der Waals surface area contributed by atoms with E-state index in [9.17, 15) is 5.11 Å². The summed E-state index contributed by atoms with van der Waals surface area (Å²) in [6.45, 7) is 7.86. The molecule has 0 aliphatic carbocycles. The van der Waals surface area contributed by atoms with Crippen LogP contribution in [0, 0.1) is 27.7 Å². The van der Waals surface area contributed by atoms with Gasteiger partial charge in [-0.25, -0.2) is 0 Å². The zero-order chi connectivity index (χ0) is 13.3. The molecule has 94 valence electrons. The van der Waals surface area contributed by atoms with Crippen molar-refractivity contribution in [2.75, 3.05) is 0 Å². The lowest BCUT2D eigenvalue weighted by molar-refractivity contribution is 0.456. The van der Waals surface area contributed by atoms with E-state index in [2.05, 4.69) is 6.07 Å². The lowest BCUT2D eigenvalue weighted by Crippen LogP contribution is -1.92. The van der Waals surface area contributed by atoms with E-state index in [0.717, 1.165) is 28.2 Å². The fourth-order valence-electron chi connectivity index (χ4n) is 1.82. The van der Waals surface area contributed by atoms with Crippen molar-refractivity contribution >= 4 is 0 Å². The van der Waals surface area contributed by atoms with Crippen molar-refractivity contribution in [2.24, 2.45) is 0 Å². The molecule has 0 bridgehead atoms. The third kappa shape index (κ3) is 2.48. The number of aromatic hydroxyl groups is 1. The molecule has 0 aromatic heterocycles. The summed E-state index contributed by atoms with van der Waals surface area (Å²) in [5.74, 6) is 1.96. The van der Waals surface area contributed by atoms with Gasteiger partial charge < -0.3 is 9.84 Å². The van der Waals surface area contributed by atoms with E-state index in [4.69, 9.17) is 4.74 Å². The fraction of sp³-hybridized carbons (Fsp3) is 0.250. The summed E-state index contributed by atoms with van der Waals surface area (Å²) in [4.78, 5) is 0. The molecule has 2 rings (SSSR count). The normalized spacial score (nSPS) is 10.4. The van der Waals surface area contributed by atoms with Crippen LogP contribution in [-0.2, 0) is 0 Å². The SMILES string of the molecule is Cc1ccc(C)c(Oc2cc(C)c(O)cc2C)c1. The maximum Gasteiger partial charge on any atom is 0.130 e. The molecule has 18 heavy (non-hydrogen) atoms. The molecule has 2 nitrogen and oxygen atoms in total. The van der Waals surface area contributed by atoms with E-state index >= 15 is 0 Å². The van der Waals surface area contributed by atoms with Crippen molar-refractivity contribution in [3.63, 3.8) is 0 Å². The van der Waals surface area contributed by atoms with Gasteiger partial charge in [0.15, 0.2) is 0 Å². The lowest BCUT2D eigenvalue weighted by atomic mass is 10.1. The Hall–Kier alpha value is -1.96. The first-order valence-corrected chi connectivity index (χ1v) is 6.02. The predicted octanol–water partition coefficient (Wildman–Crippen LogP) is 4.42. The molecule has 0 radical (unpaired) electrons. The Morgan fingerprint density at radius 3 is 2.17 bits per heavy atom. The van der Waals surface area contributed by atoms with Gasteiger partial charge in [-0.15, -0.1) is 0 Å². The number of hydrogen-bond donors (Lipinski definition) is 1. The fourth-order valence-corrected chi connectivity index (χ4v) is 1.82. The second kappa shape index (κ2) is 4.73. The quantitative estimate of drug-likeness (QED) is 0.844. The molecule has 2 aromatic rings. The molecular formula is C16H18O2. The molecule has 2 aromatic carbocycles. The number of hydrogen-bond acceptors (Lipinski definition) is 2. The zero-order valence-electron chi connectivity index (χ0n) is 11.2. The number of phenols is 1. The number of benzene rings is 2. The molecular weight excluding hydrogens is 224 g/mol. The Balaban J connectivity index is 2.40. The summed E-state index contributed by atoms with van der Waals surface area (Å²) in [5, 5.41) is 9.63. The highest BCUT2D eigenvalue weighted by Crippen LogP contribution is 2.32. The van der Waals surface area contributed by atoms with Gasteiger partial charge in [0.05, 0.1) is 0 Å². The summed E-state index contributed by atoms with van der Waals surface area (Å²) < 4.78 is 5.95. The highest BCUT2D eigenvalue weighted by molar-refractivity contribution is 5.47. The topological polar surface area (TPSA) is 29.5 Å². The summed E-state index contributed by atoms with van der Waals surface area (Å²) in [7, 11) is 0. The smallest absolute Gasteiger partial charge is 0.130 e. The number of rotatable bonds is 2. The highest BCUT2D eigenvalue weighted by Gasteiger charge is 2.07. The van der Waals surface area contributed by atoms with Crippen LogP contribution in [-0.4, -0.2) is 5.11 Å². The molecule has 1 N–H and O–H groups in total. The van der Waals surface area contributed by atoms with Crippen LogP contribution in [0.4, 0.5) is 0 Å². The predicted molar refractivity (Wildman–Crippen MR) is 73.6 cm³/mol. The van der Waals surface area contributed by atoms with E-state index in [1.165, 1.54) is 5.56 Å². The van der Waals surface area contributed by atoms with Crippen molar-refractivity contribution in [1.29, 1.82) is 0 Å². The van der Waals surface area contributed by atoms with Crippen LogP contribution in [0.25, 0.3) is 0 Å². The first-order valence-electron chi connectivity index (χ1n) is 6.02. The van der Waals surface area contributed by atoms with E-state index < -0.39 is 0 Å². The Kier molecular flexibility index (Phi) is 3.28. The van der Waals surface area contributed by atoms with Gasteiger partial charge in [-0.1, -0.05) is 12.1 Å². The summed E-state index contributed by atoms with van der Waals surface area (Å²) >= 11 is 0. The van der Waals surface area contributed by atoms with Gasteiger partial charge >= 0.3 is 0 Å². The minimum Gasteiger partial charge on any atom is -0.508 e. The molecule has 0 saturated carbocycles. The van der Waals surface area contributed by atoms with Crippen molar-refractivity contribution in [3.8, 4) is 17.2 Å². The molecule has 0 saturated heterocycles. The standard InChI is InChI=1S/C16H18O2/c1-10-5-6-11(2)15(7-10)18-16-9-12(3)14(17)8-13(16)4/h5-9,17H,1-4H3. The van der Waals surface area contributed by atoms with E-state index in [1.54, 1.807) is 6.07 Å². The minimum atomic E-state index is 0.306. The van der Waals surface area contributed by atoms with Crippen LogP contribution in [0.5, 0.6) is 17.2 Å². The average molecular weight is 242 g/mol. The second-order valence-electron chi connectivity index (χ2n) is 4.78. The Bertz CT molecular complexity index is 586. The van der Waals surface area contributed by atoms with E-state index in [-0.39, 0.29) is 0 Å². The van der Waals surface area contributed by atoms with Gasteiger partial charge in [0.1, 0.15) is 17.2 Å². The largest absolute Gasteiger partial charge is 0.508 e. The molecule has 0 heterocycles. The number of aryl methyl sites for hydroxylation is 4. The minimum absolute atomic E-state index is 0.306. The second-order valence-corrected chi connectivity index (χ2v) is 4.78. The van der Waals surface area contributed by atoms with E-state index in [1.807, 2.05) is 45.9 Å². The van der Waals surface area contributed by atoms with Crippen molar-refractivity contribution < 1.29 is 9.84 Å². The Morgan fingerprint density at radius 2 is 1.44 bits per heavy atom.